The number of anilines is 1. The number of hydrogen-bond acceptors (Lipinski definition) is 2. The second-order valence-corrected chi connectivity index (χ2v) is 5.57. The van der Waals surface area contributed by atoms with Gasteiger partial charge in [-0.25, -0.2) is 0 Å². The minimum atomic E-state index is 0.894. The fraction of sp³-hybridized carbons (Fsp3) is 0.300. The number of hydrogen-bond donors (Lipinski definition) is 0. The van der Waals surface area contributed by atoms with Gasteiger partial charge in [0.05, 0.1) is 6.54 Å². The van der Waals surface area contributed by atoms with E-state index < -0.39 is 0 Å². The lowest BCUT2D eigenvalue weighted by atomic mass is 10.0. The summed E-state index contributed by atoms with van der Waals surface area (Å²) in [4.78, 5) is 4.93. The molecule has 1 aliphatic rings. The molecule has 0 aliphatic carbocycles. The molecule has 22 heavy (non-hydrogen) atoms. The van der Waals surface area contributed by atoms with Gasteiger partial charge in [-0.05, 0) is 18.6 Å². The van der Waals surface area contributed by atoms with E-state index in [1.807, 2.05) is 6.92 Å². The normalized spacial score (nSPS) is 15.2. The van der Waals surface area contributed by atoms with Gasteiger partial charge in [-0.15, -0.1) is 5.92 Å². The number of benzene rings is 2. The first kappa shape index (κ1) is 14.7. The van der Waals surface area contributed by atoms with E-state index in [9.17, 15) is 0 Å². The monoisotopic (exact) mass is 290 g/mol. The number of nitrogens with zero attached hydrogens (tertiary/aromatic N) is 2. The molecule has 1 heterocycles. The maximum absolute atomic E-state index is 3.17. The lowest BCUT2D eigenvalue weighted by Gasteiger charge is -2.36. The topological polar surface area (TPSA) is 6.48 Å². The van der Waals surface area contributed by atoms with E-state index in [1.54, 1.807) is 0 Å². The molecule has 0 N–H and O–H groups in total. The fourth-order valence-electron chi connectivity index (χ4n) is 2.95. The van der Waals surface area contributed by atoms with Crippen LogP contribution in [-0.4, -0.2) is 37.6 Å². The summed E-state index contributed by atoms with van der Waals surface area (Å²) in [5.41, 5.74) is 3.96. The van der Waals surface area contributed by atoms with Crippen molar-refractivity contribution >= 4 is 5.69 Å². The molecule has 0 amide bonds. The van der Waals surface area contributed by atoms with Crippen LogP contribution in [0.3, 0.4) is 0 Å². The summed E-state index contributed by atoms with van der Waals surface area (Å²) >= 11 is 0. The lowest BCUT2D eigenvalue weighted by molar-refractivity contribution is 0.288. The minimum Gasteiger partial charge on any atom is -0.368 e. The van der Waals surface area contributed by atoms with Crippen molar-refractivity contribution in [2.75, 3.05) is 37.6 Å². The van der Waals surface area contributed by atoms with Crippen molar-refractivity contribution in [1.29, 1.82) is 0 Å². The first-order chi connectivity index (χ1) is 10.9. The maximum atomic E-state index is 3.17. The van der Waals surface area contributed by atoms with Crippen molar-refractivity contribution in [2.45, 2.75) is 6.92 Å². The molecule has 2 aromatic rings. The van der Waals surface area contributed by atoms with Gasteiger partial charge < -0.3 is 4.90 Å². The van der Waals surface area contributed by atoms with Crippen LogP contribution in [0.1, 0.15) is 6.92 Å². The zero-order chi connectivity index (χ0) is 15.2. The van der Waals surface area contributed by atoms with E-state index in [-0.39, 0.29) is 0 Å². The Morgan fingerprint density at radius 2 is 1.55 bits per heavy atom. The highest BCUT2D eigenvalue weighted by molar-refractivity contribution is 5.78. The molecule has 0 bridgehead atoms. The average molecular weight is 290 g/mol. The van der Waals surface area contributed by atoms with Crippen molar-refractivity contribution < 1.29 is 0 Å². The average Bonchev–Trinajstić information content (AvgIpc) is 2.61. The molecule has 112 valence electrons. The first-order valence-electron chi connectivity index (χ1n) is 7.90. The van der Waals surface area contributed by atoms with Crippen molar-refractivity contribution in [3.05, 3.63) is 54.6 Å². The smallest absolute Gasteiger partial charge is 0.0602 e. The highest BCUT2D eigenvalue weighted by Gasteiger charge is 2.18. The standard InChI is InChI=1S/C20H22N2/c1-2-3-13-21-14-16-22(17-15-21)20-12-8-7-11-19(20)18-9-5-4-6-10-18/h4-12H,13-17H2,1H3. The van der Waals surface area contributed by atoms with E-state index in [2.05, 4.69) is 76.2 Å². The Labute approximate surface area is 133 Å². The Balaban J connectivity index is 1.77. The van der Waals surface area contributed by atoms with Crippen molar-refractivity contribution in [1.82, 2.24) is 4.90 Å². The van der Waals surface area contributed by atoms with Crippen LogP contribution < -0.4 is 4.90 Å². The molecule has 3 rings (SSSR count). The van der Waals surface area contributed by atoms with Crippen LogP contribution in [0.4, 0.5) is 5.69 Å². The van der Waals surface area contributed by atoms with Gasteiger partial charge in [0.25, 0.3) is 0 Å². The van der Waals surface area contributed by atoms with Crippen LogP contribution in [0.15, 0.2) is 54.6 Å². The fourth-order valence-corrected chi connectivity index (χ4v) is 2.95. The van der Waals surface area contributed by atoms with E-state index in [1.165, 1.54) is 16.8 Å². The van der Waals surface area contributed by atoms with E-state index in [0.29, 0.717) is 0 Å². The number of rotatable bonds is 3. The molecule has 2 heteroatoms. The molecule has 0 radical (unpaired) electrons. The zero-order valence-electron chi connectivity index (χ0n) is 13.1. The highest BCUT2D eigenvalue weighted by Crippen LogP contribution is 2.31. The number of para-hydroxylation sites is 1. The zero-order valence-corrected chi connectivity index (χ0v) is 13.1. The van der Waals surface area contributed by atoms with Crippen molar-refractivity contribution in [2.24, 2.45) is 0 Å². The molecule has 0 atom stereocenters. The van der Waals surface area contributed by atoms with Gasteiger partial charge in [0.2, 0.25) is 0 Å². The van der Waals surface area contributed by atoms with E-state index in [0.717, 1.165) is 32.7 Å². The Morgan fingerprint density at radius 1 is 0.864 bits per heavy atom. The molecule has 2 aromatic carbocycles. The third-order valence-electron chi connectivity index (χ3n) is 4.18. The largest absolute Gasteiger partial charge is 0.368 e. The van der Waals surface area contributed by atoms with Crippen LogP contribution in [-0.2, 0) is 0 Å². The number of piperazine rings is 1. The van der Waals surface area contributed by atoms with Crippen LogP contribution in [0.25, 0.3) is 11.1 Å². The quantitative estimate of drug-likeness (QED) is 0.798. The molecule has 0 spiro atoms. The van der Waals surface area contributed by atoms with Gasteiger partial charge in [0.1, 0.15) is 0 Å². The predicted molar refractivity (Wildman–Crippen MR) is 94.0 cm³/mol. The summed E-state index contributed by atoms with van der Waals surface area (Å²) in [6.07, 6.45) is 0. The molecule has 1 fully saturated rings. The summed E-state index contributed by atoms with van der Waals surface area (Å²) in [7, 11) is 0. The predicted octanol–water partition coefficient (Wildman–Crippen LogP) is 3.50. The van der Waals surface area contributed by atoms with Crippen molar-refractivity contribution in [3.8, 4) is 23.0 Å². The summed E-state index contributed by atoms with van der Waals surface area (Å²) in [6.45, 7) is 7.09. The molecule has 1 aliphatic heterocycles. The van der Waals surface area contributed by atoms with Gasteiger partial charge in [0.15, 0.2) is 0 Å². The Hall–Kier alpha value is -2.24. The van der Waals surface area contributed by atoms with Crippen LogP contribution in [0.5, 0.6) is 0 Å². The molecular weight excluding hydrogens is 268 g/mol. The second-order valence-electron chi connectivity index (χ2n) is 5.57. The molecule has 0 aromatic heterocycles. The van der Waals surface area contributed by atoms with Crippen LogP contribution in [0.2, 0.25) is 0 Å². The summed E-state index contributed by atoms with van der Waals surface area (Å²) in [6, 6.07) is 19.4. The van der Waals surface area contributed by atoms with Crippen LogP contribution in [0, 0.1) is 11.8 Å². The minimum absolute atomic E-state index is 0.894. The summed E-state index contributed by atoms with van der Waals surface area (Å²) in [5.74, 6) is 6.15. The second kappa shape index (κ2) is 7.15. The van der Waals surface area contributed by atoms with Gasteiger partial charge in [-0.3, -0.25) is 4.90 Å². The highest BCUT2D eigenvalue weighted by atomic mass is 15.3. The molecule has 0 unspecified atom stereocenters. The van der Waals surface area contributed by atoms with E-state index in [4.69, 9.17) is 0 Å². The van der Waals surface area contributed by atoms with E-state index >= 15 is 0 Å². The third kappa shape index (κ3) is 3.32. The molecule has 1 saturated heterocycles. The summed E-state index contributed by atoms with van der Waals surface area (Å²) in [5, 5.41) is 0. The SMILES string of the molecule is CC#CCN1CCN(c2ccccc2-c2ccccc2)CC1. The van der Waals surface area contributed by atoms with Crippen molar-refractivity contribution in [3.63, 3.8) is 0 Å². The third-order valence-corrected chi connectivity index (χ3v) is 4.18. The summed E-state index contributed by atoms with van der Waals surface area (Å²) < 4.78 is 0. The van der Waals surface area contributed by atoms with Gasteiger partial charge >= 0.3 is 0 Å². The Bertz CT molecular complexity index is 659. The first-order valence-corrected chi connectivity index (χ1v) is 7.90. The van der Waals surface area contributed by atoms with Crippen LogP contribution >= 0.6 is 0 Å². The molecular formula is C20H22N2. The van der Waals surface area contributed by atoms with Gasteiger partial charge in [0, 0.05) is 37.4 Å². The Kier molecular flexibility index (Phi) is 4.78. The van der Waals surface area contributed by atoms with Gasteiger partial charge in [-0.1, -0.05) is 54.5 Å². The Morgan fingerprint density at radius 3 is 2.27 bits per heavy atom. The maximum Gasteiger partial charge on any atom is 0.0602 e. The lowest BCUT2D eigenvalue weighted by Crippen LogP contribution is -2.46. The molecule has 0 saturated carbocycles. The molecule has 2 nitrogen and oxygen atoms in total. The van der Waals surface area contributed by atoms with Gasteiger partial charge in [-0.2, -0.15) is 0 Å².